The number of aldehydes is 1. The average Bonchev–Trinajstić information content (AvgIpc) is 2.35. The summed E-state index contributed by atoms with van der Waals surface area (Å²) in [5, 5.41) is 11.2. The zero-order valence-corrected chi connectivity index (χ0v) is 5.46. The number of carboxylic acids is 1. The molecule has 1 saturated heterocycles. The van der Waals surface area contributed by atoms with Crippen molar-refractivity contribution in [2.75, 3.05) is 6.54 Å². The van der Waals surface area contributed by atoms with E-state index in [1.165, 1.54) is 0 Å². The molecule has 1 aliphatic rings. The summed E-state index contributed by atoms with van der Waals surface area (Å²) in [5.41, 5.74) is -1.28. The minimum absolute atomic E-state index is 0.409. The van der Waals surface area contributed by atoms with Crippen molar-refractivity contribution in [3.05, 3.63) is 0 Å². The predicted octanol–water partition coefficient (Wildman–Crippen LogP) is -0.608. The fourth-order valence-corrected chi connectivity index (χ4v) is 1.10. The highest BCUT2D eigenvalue weighted by Crippen LogP contribution is 2.16. The molecule has 0 bridgehead atoms. The zero-order valence-electron chi connectivity index (χ0n) is 5.46. The van der Waals surface area contributed by atoms with Crippen molar-refractivity contribution in [2.45, 2.75) is 18.4 Å². The molecule has 0 aromatic rings. The maximum Gasteiger partial charge on any atom is 0.331 e. The van der Waals surface area contributed by atoms with Crippen LogP contribution in [0.25, 0.3) is 0 Å². The standard InChI is InChI=1S/C6H9NO3/c8-4-6(5(9)10)2-1-3-7-6/h4,7H,1-3H2,(H,9,10). The van der Waals surface area contributed by atoms with Crippen molar-refractivity contribution in [3.8, 4) is 0 Å². The summed E-state index contributed by atoms with van der Waals surface area (Å²) in [4.78, 5) is 20.8. The van der Waals surface area contributed by atoms with Crippen LogP contribution in [0, 0.1) is 0 Å². The van der Waals surface area contributed by atoms with Gasteiger partial charge in [0, 0.05) is 0 Å². The molecule has 1 unspecified atom stereocenters. The van der Waals surface area contributed by atoms with Crippen LogP contribution in [0.2, 0.25) is 0 Å². The Morgan fingerprint density at radius 2 is 2.40 bits per heavy atom. The summed E-state index contributed by atoms with van der Waals surface area (Å²) in [6.45, 7) is 0.616. The largest absolute Gasteiger partial charge is 0.480 e. The molecule has 56 valence electrons. The zero-order chi connectivity index (χ0) is 7.61. The molecule has 0 saturated carbocycles. The summed E-state index contributed by atoms with van der Waals surface area (Å²) < 4.78 is 0. The van der Waals surface area contributed by atoms with E-state index in [9.17, 15) is 9.59 Å². The molecule has 10 heavy (non-hydrogen) atoms. The van der Waals surface area contributed by atoms with Gasteiger partial charge in [-0.3, -0.25) is 5.32 Å². The number of carboxylic acid groups (broad SMARTS) is 1. The van der Waals surface area contributed by atoms with E-state index in [2.05, 4.69) is 5.32 Å². The molecule has 0 radical (unpaired) electrons. The molecule has 1 aliphatic heterocycles. The second kappa shape index (κ2) is 2.38. The quantitative estimate of drug-likeness (QED) is 0.400. The Bertz CT molecular complexity index is 160. The minimum atomic E-state index is -1.28. The average molecular weight is 143 g/mol. The normalized spacial score (nSPS) is 32.0. The Morgan fingerprint density at radius 3 is 2.60 bits per heavy atom. The number of rotatable bonds is 2. The fraction of sp³-hybridized carbons (Fsp3) is 0.667. The van der Waals surface area contributed by atoms with Crippen LogP contribution in [0.3, 0.4) is 0 Å². The number of carbonyl (C=O) groups excluding carboxylic acids is 1. The highest BCUT2D eigenvalue weighted by Gasteiger charge is 2.40. The van der Waals surface area contributed by atoms with Crippen LogP contribution in [0.15, 0.2) is 0 Å². The summed E-state index contributed by atoms with van der Waals surface area (Å²) in [7, 11) is 0. The first-order chi connectivity index (χ1) is 4.71. The Labute approximate surface area is 58.2 Å². The van der Waals surface area contributed by atoms with Gasteiger partial charge < -0.3 is 9.90 Å². The minimum Gasteiger partial charge on any atom is -0.480 e. The maximum absolute atomic E-state index is 10.5. The molecule has 0 spiro atoms. The van der Waals surface area contributed by atoms with Gasteiger partial charge in [-0.2, -0.15) is 0 Å². The van der Waals surface area contributed by atoms with E-state index in [1.807, 2.05) is 0 Å². The van der Waals surface area contributed by atoms with Crippen LogP contribution in [0.4, 0.5) is 0 Å². The van der Waals surface area contributed by atoms with Crippen LogP contribution in [-0.4, -0.2) is 29.4 Å². The third kappa shape index (κ3) is 0.903. The summed E-state index contributed by atoms with van der Waals surface area (Å²) in [5.74, 6) is -1.07. The van der Waals surface area contributed by atoms with Crippen molar-refractivity contribution in [2.24, 2.45) is 0 Å². The first-order valence-corrected chi connectivity index (χ1v) is 3.16. The molecular weight excluding hydrogens is 134 g/mol. The van der Waals surface area contributed by atoms with E-state index in [-0.39, 0.29) is 0 Å². The van der Waals surface area contributed by atoms with Crippen LogP contribution >= 0.6 is 0 Å². The van der Waals surface area contributed by atoms with E-state index in [4.69, 9.17) is 5.11 Å². The van der Waals surface area contributed by atoms with Gasteiger partial charge in [0.15, 0.2) is 11.8 Å². The summed E-state index contributed by atoms with van der Waals surface area (Å²) in [6, 6.07) is 0. The molecular formula is C6H9NO3. The van der Waals surface area contributed by atoms with Crippen molar-refractivity contribution in [1.82, 2.24) is 5.32 Å². The summed E-state index contributed by atoms with van der Waals surface area (Å²) >= 11 is 0. The lowest BCUT2D eigenvalue weighted by molar-refractivity contribution is -0.146. The topological polar surface area (TPSA) is 66.4 Å². The highest BCUT2D eigenvalue weighted by atomic mass is 16.4. The maximum atomic E-state index is 10.5. The van der Waals surface area contributed by atoms with Gasteiger partial charge in [0.1, 0.15) is 0 Å². The van der Waals surface area contributed by atoms with Crippen LogP contribution in [-0.2, 0) is 9.59 Å². The number of aliphatic carboxylic acids is 1. The molecule has 4 nitrogen and oxygen atoms in total. The molecule has 1 atom stereocenters. The molecule has 1 fully saturated rings. The van der Waals surface area contributed by atoms with Gasteiger partial charge in [-0.15, -0.1) is 0 Å². The van der Waals surface area contributed by atoms with Crippen molar-refractivity contribution < 1.29 is 14.7 Å². The van der Waals surface area contributed by atoms with Crippen LogP contribution in [0.1, 0.15) is 12.8 Å². The number of carbonyl (C=O) groups is 2. The molecule has 1 heterocycles. The molecule has 4 heteroatoms. The van der Waals surface area contributed by atoms with E-state index >= 15 is 0 Å². The van der Waals surface area contributed by atoms with Gasteiger partial charge in [0.2, 0.25) is 0 Å². The second-order valence-corrected chi connectivity index (χ2v) is 2.42. The fourth-order valence-electron chi connectivity index (χ4n) is 1.10. The highest BCUT2D eigenvalue weighted by molar-refractivity contribution is 5.97. The smallest absolute Gasteiger partial charge is 0.331 e. The molecule has 0 amide bonds. The Hall–Kier alpha value is -0.900. The number of nitrogens with one attached hydrogen (secondary N) is 1. The first kappa shape index (κ1) is 7.21. The number of hydrogen-bond donors (Lipinski definition) is 2. The second-order valence-electron chi connectivity index (χ2n) is 2.42. The Morgan fingerprint density at radius 1 is 1.70 bits per heavy atom. The third-order valence-electron chi connectivity index (χ3n) is 1.77. The van der Waals surface area contributed by atoms with Crippen molar-refractivity contribution >= 4 is 12.3 Å². The van der Waals surface area contributed by atoms with Crippen molar-refractivity contribution in [1.29, 1.82) is 0 Å². The summed E-state index contributed by atoms with van der Waals surface area (Å²) in [6.07, 6.45) is 1.64. The van der Waals surface area contributed by atoms with E-state index in [1.54, 1.807) is 0 Å². The van der Waals surface area contributed by atoms with E-state index < -0.39 is 11.5 Å². The Kier molecular flexibility index (Phi) is 1.72. The monoisotopic (exact) mass is 143 g/mol. The van der Waals surface area contributed by atoms with Gasteiger partial charge >= 0.3 is 5.97 Å². The van der Waals surface area contributed by atoms with Gasteiger partial charge in [-0.1, -0.05) is 0 Å². The molecule has 0 aliphatic carbocycles. The van der Waals surface area contributed by atoms with E-state index in [0.717, 1.165) is 6.42 Å². The lowest BCUT2D eigenvalue weighted by atomic mass is 10.0. The first-order valence-electron chi connectivity index (χ1n) is 3.16. The van der Waals surface area contributed by atoms with Gasteiger partial charge in [0.25, 0.3) is 0 Å². The molecule has 0 aromatic heterocycles. The SMILES string of the molecule is O=CC1(C(=O)O)CCCN1. The molecule has 1 rings (SSSR count). The van der Waals surface area contributed by atoms with Crippen LogP contribution < -0.4 is 5.32 Å². The van der Waals surface area contributed by atoms with Crippen LogP contribution in [0.5, 0.6) is 0 Å². The number of hydrogen-bond acceptors (Lipinski definition) is 3. The third-order valence-corrected chi connectivity index (χ3v) is 1.77. The van der Waals surface area contributed by atoms with Gasteiger partial charge in [0.05, 0.1) is 0 Å². The molecule has 2 N–H and O–H groups in total. The lowest BCUT2D eigenvalue weighted by Gasteiger charge is -2.15. The lowest BCUT2D eigenvalue weighted by Crippen LogP contribution is -2.48. The predicted molar refractivity (Wildman–Crippen MR) is 33.7 cm³/mol. The molecule has 0 aromatic carbocycles. The van der Waals surface area contributed by atoms with E-state index in [0.29, 0.717) is 19.3 Å². The Balaban J connectivity index is 2.76. The van der Waals surface area contributed by atoms with Gasteiger partial charge in [-0.05, 0) is 19.4 Å². The van der Waals surface area contributed by atoms with Gasteiger partial charge in [-0.25, -0.2) is 4.79 Å². The van der Waals surface area contributed by atoms with Crippen molar-refractivity contribution in [3.63, 3.8) is 0 Å².